The molecular formula is C15H23F3N2. The molecule has 0 bridgehead atoms. The molecule has 0 amide bonds. The van der Waals surface area contributed by atoms with Crippen molar-refractivity contribution in [2.45, 2.75) is 76.9 Å². The second-order valence-electron chi connectivity index (χ2n) is 7.84. The quantitative estimate of drug-likeness (QED) is 0.742. The zero-order valence-electron chi connectivity index (χ0n) is 13.0. The van der Waals surface area contributed by atoms with Crippen LogP contribution in [0.25, 0.3) is 0 Å². The third kappa shape index (κ3) is 2.25. The fraction of sp³-hybridized carbons (Fsp3) is 0.800. The van der Waals surface area contributed by atoms with Gasteiger partial charge in [-0.15, -0.1) is 0 Å². The molecule has 1 aliphatic carbocycles. The van der Waals surface area contributed by atoms with Gasteiger partial charge in [0.05, 0.1) is 12.0 Å². The number of hydrogen-bond acceptors (Lipinski definition) is 1. The average Bonchev–Trinajstić information content (AvgIpc) is 2.86. The molecule has 1 aromatic heterocycles. The van der Waals surface area contributed by atoms with Gasteiger partial charge in [0.25, 0.3) is 0 Å². The van der Waals surface area contributed by atoms with Gasteiger partial charge in [0.15, 0.2) is 0 Å². The lowest BCUT2D eigenvalue weighted by Crippen LogP contribution is -2.38. The van der Waals surface area contributed by atoms with Crippen molar-refractivity contribution in [3.63, 3.8) is 0 Å². The van der Waals surface area contributed by atoms with Crippen LogP contribution in [0.5, 0.6) is 0 Å². The maximum absolute atomic E-state index is 13.4. The zero-order chi connectivity index (χ0) is 15.6. The van der Waals surface area contributed by atoms with Crippen LogP contribution >= 0.6 is 0 Å². The molecule has 20 heavy (non-hydrogen) atoms. The molecule has 0 saturated heterocycles. The van der Waals surface area contributed by atoms with E-state index in [0.29, 0.717) is 5.69 Å². The predicted octanol–water partition coefficient (Wildman–Crippen LogP) is 4.53. The lowest BCUT2D eigenvalue weighted by molar-refractivity contribution is -0.180. The summed E-state index contributed by atoms with van der Waals surface area (Å²) in [6.07, 6.45) is -2.52. The van der Waals surface area contributed by atoms with E-state index >= 15 is 0 Å². The fourth-order valence-electron chi connectivity index (χ4n) is 2.72. The van der Waals surface area contributed by atoms with Crippen molar-refractivity contribution >= 4 is 0 Å². The normalized spacial score (nSPS) is 19.2. The fourth-order valence-corrected chi connectivity index (χ4v) is 2.72. The maximum atomic E-state index is 13.4. The van der Waals surface area contributed by atoms with E-state index in [4.69, 9.17) is 0 Å². The summed E-state index contributed by atoms with van der Waals surface area (Å²) in [7, 11) is 0. The third-order valence-corrected chi connectivity index (χ3v) is 3.90. The highest BCUT2D eigenvalue weighted by Gasteiger charge is 2.66. The highest BCUT2D eigenvalue weighted by molar-refractivity contribution is 5.31. The van der Waals surface area contributed by atoms with Gasteiger partial charge in [-0.05, 0) is 12.8 Å². The second-order valence-corrected chi connectivity index (χ2v) is 7.84. The van der Waals surface area contributed by atoms with Gasteiger partial charge < -0.3 is 4.57 Å². The van der Waals surface area contributed by atoms with Gasteiger partial charge in [-0.25, -0.2) is 4.98 Å². The lowest BCUT2D eigenvalue weighted by Gasteiger charge is -2.31. The van der Waals surface area contributed by atoms with Crippen molar-refractivity contribution in [1.29, 1.82) is 0 Å². The van der Waals surface area contributed by atoms with Crippen molar-refractivity contribution in [3.8, 4) is 0 Å². The van der Waals surface area contributed by atoms with E-state index in [0.717, 1.165) is 5.69 Å². The molecular weight excluding hydrogens is 265 g/mol. The van der Waals surface area contributed by atoms with Crippen molar-refractivity contribution in [3.05, 3.63) is 17.7 Å². The predicted molar refractivity (Wildman–Crippen MR) is 72.9 cm³/mol. The number of halogens is 3. The number of imidazole rings is 1. The summed E-state index contributed by atoms with van der Waals surface area (Å²) in [4.78, 5) is 4.34. The number of aromatic nitrogens is 2. The monoisotopic (exact) mass is 288 g/mol. The van der Waals surface area contributed by atoms with Crippen LogP contribution in [0.4, 0.5) is 13.2 Å². The Hall–Kier alpha value is -1.00. The molecule has 0 aromatic carbocycles. The first-order valence-electron chi connectivity index (χ1n) is 6.96. The zero-order valence-corrected chi connectivity index (χ0v) is 13.0. The molecule has 0 N–H and O–H groups in total. The second kappa shape index (κ2) is 4.01. The summed E-state index contributed by atoms with van der Waals surface area (Å²) in [6.45, 7) is 11.8. The highest BCUT2D eigenvalue weighted by atomic mass is 19.4. The van der Waals surface area contributed by atoms with Gasteiger partial charge in [0.2, 0.25) is 0 Å². The number of nitrogens with zero attached hydrogens (tertiary/aromatic N) is 2. The van der Waals surface area contributed by atoms with Gasteiger partial charge in [0, 0.05) is 16.5 Å². The van der Waals surface area contributed by atoms with Crippen molar-refractivity contribution < 1.29 is 13.2 Å². The van der Waals surface area contributed by atoms with Gasteiger partial charge >= 0.3 is 6.18 Å². The number of rotatable bonds is 1. The average molecular weight is 288 g/mol. The Balaban J connectivity index is 2.66. The van der Waals surface area contributed by atoms with Crippen LogP contribution in [0.15, 0.2) is 6.33 Å². The topological polar surface area (TPSA) is 17.8 Å². The molecule has 1 saturated carbocycles. The number of hydrogen-bond donors (Lipinski definition) is 0. The van der Waals surface area contributed by atoms with E-state index in [1.807, 2.05) is 41.5 Å². The molecule has 1 fully saturated rings. The summed E-state index contributed by atoms with van der Waals surface area (Å²) in [5.74, 6) is 0. The van der Waals surface area contributed by atoms with E-state index in [-0.39, 0.29) is 23.7 Å². The lowest BCUT2D eigenvalue weighted by atomic mass is 9.81. The van der Waals surface area contributed by atoms with Crippen molar-refractivity contribution in [2.75, 3.05) is 0 Å². The Morgan fingerprint density at radius 3 is 1.80 bits per heavy atom. The standard InChI is InChI=1S/C15H23F3N2/c1-12(2,3)10-11(13(4,5)6)20(9-19-10)14(7-8-14)15(16,17)18/h9H,7-8H2,1-6H3. The molecule has 0 atom stereocenters. The molecule has 2 rings (SSSR count). The van der Waals surface area contributed by atoms with E-state index in [9.17, 15) is 13.2 Å². The van der Waals surface area contributed by atoms with Crippen LogP contribution in [0.3, 0.4) is 0 Å². The van der Waals surface area contributed by atoms with Crippen LogP contribution < -0.4 is 0 Å². The van der Waals surface area contributed by atoms with E-state index in [2.05, 4.69) is 4.98 Å². The molecule has 1 aromatic rings. The van der Waals surface area contributed by atoms with Gasteiger partial charge in [-0.2, -0.15) is 13.2 Å². The Bertz CT molecular complexity index is 509. The molecule has 0 radical (unpaired) electrons. The highest BCUT2D eigenvalue weighted by Crippen LogP contribution is 2.57. The molecule has 0 aliphatic heterocycles. The number of alkyl halides is 3. The minimum absolute atomic E-state index is 0.152. The van der Waals surface area contributed by atoms with Crippen LogP contribution in [0, 0.1) is 0 Å². The smallest absolute Gasteiger partial charge is 0.318 e. The minimum Gasteiger partial charge on any atom is -0.318 e. The molecule has 0 spiro atoms. The SMILES string of the molecule is CC(C)(C)c1ncn(C2(C(F)(F)F)CC2)c1C(C)(C)C. The molecule has 114 valence electrons. The first kappa shape index (κ1) is 15.4. The Labute approximate surface area is 118 Å². The summed E-state index contributed by atoms with van der Waals surface area (Å²) in [6, 6.07) is 0. The van der Waals surface area contributed by atoms with Crippen LogP contribution in [-0.4, -0.2) is 15.7 Å². The Kier molecular flexibility index (Phi) is 3.09. The van der Waals surface area contributed by atoms with Gasteiger partial charge in [0.1, 0.15) is 5.54 Å². The van der Waals surface area contributed by atoms with Crippen LogP contribution in [0.1, 0.15) is 65.8 Å². The van der Waals surface area contributed by atoms with Gasteiger partial charge in [-0.1, -0.05) is 41.5 Å². The summed E-state index contributed by atoms with van der Waals surface area (Å²) in [5.41, 5.74) is -0.901. The molecule has 5 heteroatoms. The molecule has 1 heterocycles. The Morgan fingerprint density at radius 2 is 1.50 bits per heavy atom. The molecule has 1 aliphatic rings. The van der Waals surface area contributed by atoms with E-state index < -0.39 is 11.7 Å². The third-order valence-electron chi connectivity index (χ3n) is 3.90. The maximum Gasteiger partial charge on any atom is 0.411 e. The van der Waals surface area contributed by atoms with E-state index in [1.165, 1.54) is 10.9 Å². The van der Waals surface area contributed by atoms with Gasteiger partial charge in [-0.3, -0.25) is 0 Å². The molecule has 2 nitrogen and oxygen atoms in total. The molecule has 0 unspecified atom stereocenters. The summed E-state index contributed by atoms with van der Waals surface area (Å²) >= 11 is 0. The van der Waals surface area contributed by atoms with Crippen molar-refractivity contribution in [1.82, 2.24) is 9.55 Å². The van der Waals surface area contributed by atoms with E-state index in [1.54, 1.807) is 0 Å². The van der Waals surface area contributed by atoms with Crippen LogP contribution in [-0.2, 0) is 16.4 Å². The first-order chi connectivity index (χ1) is 8.81. The summed E-state index contributed by atoms with van der Waals surface area (Å²) in [5, 5.41) is 0. The minimum atomic E-state index is -4.22. The van der Waals surface area contributed by atoms with Crippen molar-refractivity contribution in [2.24, 2.45) is 0 Å². The summed E-state index contributed by atoms with van der Waals surface area (Å²) < 4.78 is 41.6. The Morgan fingerprint density at radius 1 is 1.00 bits per heavy atom. The largest absolute Gasteiger partial charge is 0.411 e. The first-order valence-corrected chi connectivity index (χ1v) is 6.96. The van der Waals surface area contributed by atoms with Crippen LogP contribution in [0.2, 0.25) is 0 Å².